The van der Waals surface area contributed by atoms with Gasteiger partial charge in [0.1, 0.15) is 16.5 Å². The smallest absolute Gasteiger partial charge is 0.547 e. The number of aliphatic hydroxyl groups is 1. The van der Waals surface area contributed by atoms with E-state index in [1.165, 1.54) is 17.8 Å². The van der Waals surface area contributed by atoms with Crippen molar-refractivity contribution in [2.24, 2.45) is 0 Å². The number of carboxylic acid groups (broad SMARTS) is 1. The SMILES string of the molecule is CCCc1nc(SC)c(C(O)(CC)C(=O)[O-])n1Cc1ccc(-c2ccccc2S(=O)(=O)NC(=O)NCc2ccccc2)cc1.[Na+]. The molecule has 232 valence electrons. The third kappa shape index (κ3) is 8.37. The van der Waals surface area contributed by atoms with Gasteiger partial charge in [0.25, 0.3) is 10.0 Å². The molecule has 0 radical (unpaired) electrons. The van der Waals surface area contributed by atoms with Crippen molar-refractivity contribution in [3.8, 4) is 11.1 Å². The van der Waals surface area contributed by atoms with E-state index >= 15 is 0 Å². The molecule has 0 bridgehead atoms. The van der Waals surface area contributed by atoms with Crippen molar-refractivity contribution in [1.82, 2.24) is 19.6 Å². The molecular weight excluding hydrogens is 623 g/mol. The zero-order valence-corrected chi connectivity index (χ0v) is 29.4. The number of carboxylic acids is 1. The molecule has 0 aliphatic rings. The Morgan fingerprint density at radius 1 is 0.978 bits per heavy atom. The van der Waals surface area contributed by atoms with Crippen LogP contribution in [-0.2, 0) is 39.9 Å². The van der Waals surface area contributed by atoms with Gasteiger partial charge in [-0.3, -0.25) is 0 Å². The molecule has 0 fully saturated rings. The second-order valence-electron chi connectivity index (χ2n) is 10.2. The molecule has 1 atom stereocenters. The molecule has 2 amide bonds. The van der Waals surface area contributed by atoms with E-state index in [4.69, 9.17) is 0 Å². The van der Waals surface area contributed by atoms with Gasteiger partial charge < -0.3 is 24.9 Å². The average Bonchev–Trinajstić information content (AvgIpc) is 3.37. The van der Waals surface area contributed by atoms with E-state index in [1.807, 2.05) is 37.3 Å². The summed E-state index contributed by atoms with van der Waals surface area (Å²) in [6.07, 6.45) is 3.03. The Bertz CT molecular complexity index is 1730. The van der Waals surface area contributed by atoms with Crippen LogP contribution in [0.3, 0.4) is 0 Å². The fourth-order valence-corrected chi connectivity index (χ4v) is 6.74. The second-order valence-corrected chi connectivity index (χ2v) is 12.6. The van der Waals surface area contributed by atoms with Gasteiger partial charge in [-0.05, 0) is 41.9 Å². The Kier molecular flexibility index (Phi) is 12.9. The van der Waals surface area contributed by atoms with E-state index in [2.05, 4.69) is 15.0 Å². The van der Waals surface area contributed by atoms with Crippen LogP contribution in [0.25, 0.3) is 11.1 Å². The number of sulfonamides is 1. The van der Waals surface area contributed by atoms with Gasteiger partial charge in [0.15, 0.2) is 0 Å². The van der Waals surface area contributed by atoms with Crippen LogP contribution in [0, 0.1) is 0 Å². The van der Waals surface area contributed by atoms with E-state index < -0.39 is 27.6 Å². The summed E-state index contributed by atoms with van der Waals surface area (Å²) in [6, 6.07) is 21.8. The quantitative estimate of drug-likeness (QED) is 0.141. The summed E-state index contributed by atoms with van der Waals surface area (Å²) in [5.41, 5.74) is 0.586. The number of imidazole rings is 1. The molecule has 1 unspecified atom stereocenters. The van der Waals surface area contributed by atoms with Crippen LogP contribution in [0.4, 0.5) is 4.79 Å². The van der Waals surface area contributed by atoms with E-state index in [0.29, 0.717) is 28.4 Å². The number of urea groups is 1. The summed E-state index contributed by atoms with van der Waals surface area (Å²) in [4.78, 5) is 29.1. The van der Waals surface area contributed by atoms with Crippen molar-refractivity contribution in [2.45, 2.75) is 61.7 Å². The Balaban J connectivity index is 0.00000552. The predicted molar refractivity (Wildman–Crippen MR) is 167 cm³/mol. The number of rotatable bonds is 13. The van der Waals surface area contributed by atoms with Crippen molar-refractivity contribution < 1.29 is 57.8 Å². The van der Waals surface area contributed by atoms with Crippen LogP contribution in [-0.4, -0.2) is 41.3 Å². The summed E-state index contributed by atoms with van der Waals surface area (Å²) in [5, 5.41) is 26.2. The number of hydrogen-bond acceptors (Lipinski definition) is 8. The van der Waals surface area contributed by atoms with Gasteiger partial charge in [0.2, 0.25) is 0 Å². The van der Waals surface area contributed by atoms with Gasteiger partial charge in [-0.1, -0.05) is 86.6 Å². The zero-order valence-electron chi connectivity index (χ0n) is 25.7. The van der Waals surface area contributed by atoms with Gasteiger partial charge in [-0.25, -0.2) is 22.9 Å². The van der Waals surface area contributed by atoms with Crippen LogP contribution in [0.1, 0.15) is 49.3 Å². The van der Waals surface area contributed by atoms with Crippen LogP contribution < -0.4 is 44.7 Å². The summed E-state index contributed by atoms with van der Waals surface area (Å²) in [6.45, 7) is 3.97. The summed E-state index contributed by atoms with van der Waals surface area (Å²) in [7, 11) is -4.21. The number of amides is 2. The molecule has 13 heteroatoms. The first-order chi connectivity index (χ1) is 21.0. The molecule has 1 aromatic heterocycles. The molecule has 3 N–H and O–H groups in total. The molecule has 0 spiro atoms. The number of hydrogen-bond donors (Lipinski definition) is 3. The number of benzene rings is 3. The molecule has 3 aromatic carbocycles. The molecule has 1 heterocycles. The van der Waals surface area contributed by atoms with Crippen molar-refractivity contribution >= 4 is 33.8 Å². The monoisotopic (exact) mass is 658 g/mol. The standard InChI is InChI=1S/C32H36N4O6S2.Na/c1-4-11-27-34-29(43-3)28(32(40,5-2)30(37)38)36(27)21-23-16-18-24(19-17-23)25-14-9-10-15-26(25)44(41,42)35-31(39)33-20-22-12-7-6-8-13-22;/h6-10,12-19,40H,4-5,11,20-21H2,1-3H3,(H,37,38)(H2,33,35,39);/q;+1/p-1. The van der Waals surface area contributed by atoms with Crippen LogP contribution in [0.15, 0.2) is 88.8 Å². The molecule has 0 aliphatic carbocycles. The van der Waals surface area contributed by atoms with Gasteiger partial charge >= 0.3 is 35.6 Å². The molecule has 4 rings (SSSR count). The Labute approximate surface area is 290 Å². The maximum atomic E-state index is 13.2. The number of carbonyl (C=O) groups is 2. The normalized spacial score (nSPS) is 12.5. The largest absolute Gasteiger partial charge is 1.00 e. The van der Waals surface area contributed by atoms with E-state index in [0.717, 1.165) is 17.5 Å². The minimum Gasteiger partial charge on any atom is -0.547 e. The molecule has 0 saturated carbocycles. The van der Waals surface area contributed by atoms with E-state index in [-0.39, 0.29) is 59.7 Å². The Morgan fingerprint density at radius 2 is 1.62 bits per heavy atom. The first kappa shape index (κ1) is 36.3. The summed E-state index contributed by atoms with van der Waals surface area (Å²) < 4.78 is 30.3. The minimum absolute atomic E-state index is 0. The fourth-order valence-electron chi connectivity index (χ4n) is 4.91. The zero-order chi connectivity index (χ0) is 31.9. The van der Waals surface area contributed by atoms with Crippen molar-refractivity contribution in [2.75, 3.05) is 6.26 Å². The van der Waals surface area contributed by atoms with Gasteiger partial charge in [0.05, 0.1) is 16.6 Å². The van der Waals surface area contributed by atoms with Crippen molar-refractivity contribution in [1.29, 1.82) is 0 Å². The topological polar surface area (TPSA) is 153 Å². The van der Waals surface area contributed by atoms with Crippen molar-refractivity contribution in [3.05, 3.63) is 102 Å². The predicted octanol–water partition coefficient (Wildman–Crippen LogP) is 0.812. The minimum atomic E-state index is -4.21. The first-order valence-electron chi connectivity index (χ1n) is 14.1. The van der Waals surface area contributed by atoms with Crippen LogP contribution >= 0.6 is 11.8 Å². The fraction of sp³-hybridized carbons (Fsp3) is 0.281. The maximum absolute atomic E-state index is 13.2. The van der Waals surface area contributed by atoms with Crippen molar-refractivity contribution in [3.63, 3.8) is 0 Å². The maximum Gasteiger partial charge on any atom is 1.00 e. The van der Waals surface area contributed by atoms with Gasteiger partial charge in [-0.15, -0.1) is 11.8 Å². The third-order valence-electron chi connectivity index (χ3n) is 7.23. The number of aryl methyl sites for hydroxylation is 1. The molecule has 0 aliphatic heterocycles. The molecule has 0 saturated heterocycles. The number of carbonyl (C=O) groups excluding carboxylic acids is 2. The van der Waals surface area contributed by atoms with E-state index in [1.54, 1.807) is 60.2 Å². The Hall–Kier alpha value is -3.13. The first-order valence-corrected chi connectivity index (χ1v) is 16.8. The average molecular weight is 659 g/mol. The van der Waals surface area contributed by atoms with Gasteiger partial charge in [-0.2, -0.15) is 0 Å². The number of nitrogens with one attached hydrogen (secondary N) is 2. The molecule has 10 nitrogen and oxygen atoms in total. The number of thioether (sulfide) groups is 1. The number of nitrogens with zero attached hydrogens (tertiary/aromatic N) is 2. The van der Waals surface area contributed by atoms with Crippen LogP contribution in [0.2, 0.25) is 0 Å². The molecule has 4 aromatic rings. The third-order valence-corrected chi connectivity index (χ3v) is 9.29. The van der Waals surface area contributed by atoms with E-state index in [9.17, 15) is 28.2 Å². The molecule has 45 heavy (non-hydrogen) atoms. The molecular formula is C32H35N4NaO6S2. The summed E-state index contributed by atoms with van der Waals surface area (Å²) >= 11 is 1.26. The van der Waals surface area contributed by atoms with Gasteiger partial charge in [0, 0.05) is 25.1 Å². The number of aliphatic carboxylic acids is 1. The number of aromatic nitrogens is 2. The Morgan fingerprint density at radius 3 is 2.22 bits per heavy atom. The van der Waals surface area contributed by atoms with Crippen LogP contribution in [0.5, 0.6) is 0 Å². The second kappa shape index (κ2) is 15.9. The summed E-state index contributed by atoms with van der Waals surface area (Å²) in [5.74, 6) is -0.938.